The lowest BCUT2D eigenvalue weighted by Gasteiger charge is -2.12. The van der Waals surface area contributed by atoms with Crippen LogP contribution in [0.4, 0.5) is 5.69 Å². The Labute approximate surface area is 118 Å². The van der Waals surface area contributed by atoms with Gasteiger partial charge in [0.2, 0.25) is 0 Å². The molecule has 1 rings (SSSR count). The lowest BCUT2D eigenvalue weighted by Crippen LogP contribution is -2.42. The summed E-state index contributed by atoms with van der Waals surface area (Å²) in [7, 11) is 0. The van der Waals surface area contributed by atoms with Gasteiger partial charge in [-0.3, -0.25) is 19.7 Å². The van der Waals surface area contributed by atoms with E-state index < -0.39 is 35.2 Å². The molecule has 0 bridgehead atoms. The van der Waals surface area contributed by atoms with Gasteiger partial charge in [0.15, 0.2) is 0 Å². The number of aliphatic carboxylic acids is 2. The fourth-order valence-electron chi connectivity index (χ4n) is 1.62. The minimum absolute atomic E-state index is 0.00902. The number of carbonyl (C=O) groups is 3. The average molecular weight is 296 g/mol. The molecule has 0 unspecified atom stereocenters. The standard InChI is InChI=1S/C12H12N2O7/c1-6-4-7(2-3-9(6)14(20)21)11(17)13-8(12(18)19)5-10(15)16/h2-4,8H,5H2,1H3,(H,13,17)(H,15,16)(H,18,19)/t8-/m1/s1. The first-order valence-electron chi connectivity index (χ1n) is 5.73. The van der Waals surface area contributed by atoms with Crippen LogP contribution in [0.2, 0.25) is 0 Å². The summed E-state index contributed by atoms with van der Waals surface area (Å²) in [4.78, 5) is 43.2. The van der Waals surface area contributed by atoms with Gasteiger partial charge >= 0.3 is 11.9 Å². The van der Waals surface area contributed by atoms with Crippen molar-refractivity contribution >= 4 is 23.5 Å². The van der Waals surface area contributed by atoms with Crippen LogP contribution >= 0.6 is 0 Å². The predicted octanol–water partition coefficient (Wildman–Crippen LogP) is 0.561. The third kappa shape index (κ3) is 4.27. The van der Waals surface area contributed by atoms with E-state index in [1.165, 1.54) is 19.1 Å². The SMILES string of the molecule is Cc1cc(C(=O)N[C@H](CC(=O)O)C(=O)O)ccc1[N+](=O)[O-]. The van der Waals surface area contributed by atoms with Gasteiger partial charge < -0.3 is 15.5 Å². The van der Waals surface area contributed by atoms with Crippen molar-refractivity contribution < 1.29 is 29.5 Å². The van der Waals surface area contributed by atoms with E-state index in [0.29, 0.717) is 0 Å². The normalized spacial score (nSPS) is 11.5. The van der Waals surface area contributed by atoms with Gasteiger partial charge in [-0.15, -0.1) is 0 Å². The quantitative estimate of drug-likeness (QED) is 0.513. The highest BCUT2D eigenvalue weighted by Crippen LogP contribution is 2.18. The van der Waals surface area contributed by atoms with E-state index in [4.69, 9.17) is 10.2 Å². The molecule has 0 fully saturated rings. The monoisotopic (exact) mass is 296 g/mol. The van der Waals surface area contributed by atoms with Crippen molar-refractivity contribution in [3.05, 3.63) is 39.4 Å². The fraction of sp³-hybridized carbons (Fsp3) is 0.250. The topological polar surface area (TPSA) is 147 Å². The third-order valence-electron chi connectivity index (χ3n) is 2.64. The molecular formula is C12H12N2O7. The van der Waals surface area contributed by atoms with Crippen molar-refractivity contribution in [1.29, 1.82) is 0 Å². The van der Waals surface area contributed by atoms with E-state index in [9.17, 15) is 24.5 Å². The van der Waals surface area contributed by atoms with Gasteiger partial charge in [-0.2, -0.15) is 0 Å². The number of hydrogen-bond acceptors (Lipinski definition) is 5. The second-order valence-corrected chi connectivity index (χ2v) is 4.22. The molecule has 9 nitrogen and oxygen atoms in total. The predicted molar refractivity (Wildman–Crippen MR) is 69.0 cm³/mol. The molecule has 21 heavy (non-hydrogen) atoms. The number of amides is 1. The van der Waals surface area contributed by atoms with Crippen LogP contribution < -0.4 is 5.32 Å². The van der Waals surface area contributed by atoms with Crippen LogP contribution in [0.25, 0.3) is 0 Å². The summed E-state index contributed by atoms with van der Waals surface area (Å²) in [5, 5.41) is 30.1. The molecule has 3 N–H and O–H groups in total. The van der Waals surface area contributed by atoms with Gasteiger partial charge in [0, 0.05) is 17.2 Å². The molecule has 0 aliphatic rings. The first kappa shape index (κ1) is 16.1. The van der Waals surface area contributed by atoms with E-state index in [0.717, 1.165) is 6.07 Å². The molecule has 1 aromatic rings. The first-order valence-corrected chi connectivity index (χ1v) is 5.73. The molecule has 112 valence electrons. The number of rotatable bonds is 6. The molecule has 1 aromatic carbocycles. The Hall–Kier alpha value is -2.97. The summed E-state index contributed by atoms with van der Waals surface area (Å²) in [5.74, 6) is -3.67. The maximum Gasteiger partial charge on any atom is 0.326 e. The molecule has 0 aliphatic heterocycles. The summed E-state index contributed by atoms with van der Waals surface area (Å²) in [6.45, 7) is 1.43. The zero-order chi connectivity index (χ0) is 16.2. The van der Waals surface area contributed by atoms with Gasteiger partial charge in [-0.1, -0.05) is 0 Å². The Bertz CT molecular complexity index is 612. The number of carbonyl (C=O) groups excluding carboxylic acids is 1. The molecule has 0 saturated carbocycles. The first-order chi connectivity index (χ1) is 9.72. The van der Waals surface area contributed by atoms with Gasteiger partial charge in [0.05, 0.1) is 11.3 Å². The second-order valence-electron chi connectivity index (χ2n) is 4.22. The Kier molecular flexibility index (Phi) is 4.95. The molecule has 0 spiro atoms. The van der Waals surface area contributed by atoms with Crippen molar-refractivity contribution in [3.63, 3.8) is 0 Å². The molecule has 0 heterocycles. The maximum atomic E-state index is 11.8. The summed E-state index contributed by atoms with van der Waals surface area (Å²) >= 11 is 0. The van der Waals surface area contributed by atoms with E-state index >= 15 is 0 Å². The van der Waals surface area contributed by atoms with Crippen molar-refractivity contribution in [2.24, 2.45) is 0 Å². The number of nitro groups is 1. The highest BCUT2D eigenvalue weighted by molar-refractivity contribution is 5.97. The zero-order valence-corrected chi connectivity index (χ0v) is 10.9. The Morgan fingerprint density at radius 3 is 2.38 bits per heavy atom. The Balaban J connectivity index is 2.93. The molecule has 1 atom stereocenters. The molecule has 0 aliphatic carbocycles. The number of carboxylic acid groups (broad SMARTS) is 2. The van der Waals surface area contributed by atoms with E-state index in [1.54, 1.807) is 0 Å². The highest BCUT2D eigenvalue weighted by atomic mass is 16.6. The molecule has 0 saturated heterocycles. The molecule has 9 heteroatoms. The Morgan fingerprint density at radius 1 is 1.33 bits per heavy atom. The number of nitrogens with one attached hydrogen (secondary N) is 1. The largest absolute Gasteiger partial charge is 0.481 e. The van der Waals surface area contributed by atoms with E-state index in [2.05, 4.69) is 5.32 Å². The number of carboxylic acids is 2. The van der Waals surface area contributed by atoms with Gasteiger partial charge in [-0.05, 0) is 19.1 Å². The van der Waals surface area contributed by atoms with Crippen LogP contribution in [-0.4, -0.2) is 39.0 Å². The summed E-state index contributed by atoms with van der Waals surface area (Å²) in [6, 6.07) is 1.94. The average Bonchev–Trinajstić information content (AvgIpc) is 2.36. The lowest BCUT2D eigenvalue weighted by molar-refractivity contribution is -0.385. The number of nitrogens with zero attached hydrogens (tertiary/aromatic N) is 1. The molecule has 1 amide bonds. The van der Waals surface area contributed by atoms with E-state index in [-0.39, 0.29) is 16.8 Å². The number of benzene rings is 1. The van der Waals surface area contributed by atoms with Crippen LogP contribution in [0.5, 0.6) is 0 Å². The Morgan fingerprint density at radius 2 is 1.95 bits per heavy atom. The van der Waals surface area contributed by atoms with Crippen LogP contribution in [0.1, 0.15) is 22.3 Å². The van der Waals surface area contributed by atoms with Crippen LogP contribution in [0.15, 0.2) is 18.2 Å². The summed E-state index contributed by atoms with van der Waals surface area (Å²) in [6.07, 6.45) is -0.771. The molecule has 0 radical (unpaired) electrons. The number of aryl methyl sites for hydroxylation is 1. The minimum Gasteiger partial charge on any atom is -0.481 e. The van der Waals surface area contributed by atoms with Crippen molar-refractivity contribution in [2.75, 3.05) is 0 Å². The lowest BCUT2D eigenvalue weighted by atomic mass is 10.1. The second kappa shape index (κ2) is 6.46. The zero-order valence-electron chi connectivity index (χ0n) is 10.9. The van der Waals surface area contributed by atoms with Crippen molar-refractivity contribution in [3.8, 4) is 0 Å². The van der Waals surface area contributed by atoms with E-state index in [1.807, 2.05) is 0 Å². The van der Waals surface area contributed by atoms with Crippen LogP contribution in [0.3, 0.4) is 0 Å². The van der Waals surface area contributed by atoms with Gasteiger partial charge in [0.1, 0.15) is 6.04 Å². The van der Waals surface area contributed by atoms with Crippen LogP contribution in [0, 0.1) is 17.0 Å². The van der Waals surface area contributed by atoms with Gasteiger partial charge in [-0.25, -0.2) is 4.79 Å². The molecular weight excluding hydrogens is 284 g/mol. The number of nitro benzene ring substituents is 1. The third-order valence-corrected chi connectivity index (χ3v) is 2.64. The highest BCUT2D eigenvalue weighted by Gasteiger charge is 2.24. The maximum absolute atomic E-state index is 11.8. The summed E-state index contributed by atoms with van der Waals surface area (Å²) in [5.41, 5.74) is 0.0689. The van der Waals surface area contributed by atoms with Crippen molar-refractivity contribution in [2.45, 2.75) is 19.4 Å². The fourth-order valence-corrected chi connectivity index (χ4v) is 1.62. The minimum atomic E-state index is -1.58. The summed E-state index contributed by atoms with van der Waals surface area (Å²) < 4.78 is 0. The van der Waals surface area contributed by atoms with Gasteiger partial charge in [0.25, 0.3) is 11.6 Å². The van der Waals surface area contributed by atoms with Crippen LogP contribution in [-0.2, 0) is 9.59 Å². The van der Waals surface area contributed by atoms with Crippen molar-refractivity contribution in [1.82, 2.24) is 5.32 Å². The number of hydrogen-bond donors (Lipinski definition) is 3. The molecule has 0 aromatic heterocycles. The smallest absolute Gasteiger partial charge is 0.326 e.